The lowest BCUT2D eigenvalue weighted by Crippen LogP contribution is -2.07. The zero-order valence-electron chi connectivity index (χ0n) is 9.84. The summed E-state index contributed by atoms with van der Waals surface area (Å²) in [6.45, 7) is 9.02. The molecular formula is C12H20N2S. The van der Waals surface area contributed by atoms with Gasteiger partial charge in [0.1, 0.15) is 0 Å². The summed E-state index contributed by atoms with van der Waals surface area (Å²) in [5.74, 6) is 1.30. The van der Waals surface area contributed by atoms with Crippen molar-refractivity contribution in [2.24, 2.45) is 0 Å². The molecule has 2 rings (SSSR count). The van der Waals surface area contributed by atoms with E-state index in [1.54, 1.807) is 0 Å². The highest BCUT2D eigenvalue weighted by Gasteiger charge is 2.22. The summed E-state index contributed by atoms with van der Waals surface area (Å²) in [6.07, 6.45) is 2.33. The SMILES string of the molecule is CCc1nc(C2CCNC2)sc1C(C)C. The molecule has 1 aromatic rings. The Balaban J connectivity index is 2.25. The molecule has 1 atom stereocenters. The van der Waals surface area contributed by atoms with Crippen LogP contribution >= 0.6 is 11.3 Å². The van der Waals surface area contributed by atoms with Crippen LogP contribution in [-0.4, -0.2) is 18.1 Å². The van der Waals surface area contributed by atoms with Crippen LogP contribution in [0.5, 0.6) is 0 Å². The van der Waals surface area contributed by atoms with Gasteiger partial charge in [0.2, 0.25) is 0 Å². The molecular weight excluding hydrogens is 204 g/mol. The van der Waals surface area contributed by atoms with Gasteiger partial charge in [-0.1, -0.05) is 20.8 Å². The molecule has 1 aliphatic heterocycles. The van der Waals surface area contributed by atoms with E-state index in [0.29, 0.717) is 11.8 Å². The molecule has 2 nitrogen and oxygen atoms in total. The standard InChI is InChI=1S/C12H20N2S/c1-4-10-11(8(2)3)15-12(14-10)9-5-6-13-7-9/h8-9,13H,4-7H2,1-3H3. The van der Waals surface area contributed by atoms with Crippen LogP contribution in [-0.2, 0) is 6.42 Å². The van der Waals surface area contributed by atoms with E-state index in [4.69, 9.17) is 4.98 Å². The molecule has 15 heavy (non-hydrogen) atoms. The third-order valence-corrected chi connectivity index (χ3v) is 4.57. The van der Waals surface area contributed by atoms with Crippen LogP contribution in [0.2, 0.25) is 0 Å². The zero-order chi connectivity index (χ0) is 10.8. The Bertz CT molecular complexity index is 324. The monoisotopic (exact) mass is 224 g/mol. The Morgan fingerprint density at radius 1 is 1.53 bits per heavy atom. The van der Waals surface area contributed by atoms with E-state index in [-0.39, 0.29) is 0 Å². The van der Waals surface area contributed by atoms with Gasteiger partial charge in [-0.15, -0.1) is 11.3 Å². The molecule has 2 heterocycles. The molecule has 0 radical (unpaired) electrons. The van der Waals surface area contributed by atoms with E-state index in [1.165, 1.54) is 22.0 Å². The van der Waals surface area contributed by atoms with Gasteiger partial charge >= 0.3 is 0 Å². The Morgan fingerprint density at radius 2 is 2.33 bits per heavy atom. The average Bonchev–Trinajstić information content (AvgIpc) is 2.86. The van der Waals surface area contributed by atoms with Crippen LogP contribution in [0.4, 0.5) is 0 Å². The lowest BCUT2D eigenvalue weighted by Gasteiger charge is -2.02. The second kappa shape index (κ2) is 4.62. The maximum absolute atomic E-state index is 4.81. The van der Waals surface area contributed by atoms with Crippen LogP contribution in [0, 0.1) is 0 Å². The Labute approximate surface area is 96.1 Å². The van der Waals surface area contributed by atoms with Crippen LogP contribution < -0.4 is 5.32 Å². The molecule has 84 valence electrons. The summed E-state index contributed by atoms with van der Waals surface area (Å²) in [5.41, 5.74) is 1.33. The molecule has 0 aromatic carbocycles. The maximum Gasteiger partial charge on any atom is 0.0975 e. The first-order chi connectivity index (χ1) is 7.22. The number of hydrogen-bond acceptors (Lipinski definition) is 3. The molecule has 0 aliphatic carbocycles. The van der Waals surface area contributed by atoms with Gasteiger partial charge in [0, 0.05) is 17.3 Å². The van der Waals surface area contributed by atoms with Crippen molar-refractivity contribution in [1.29, 1.82) is 0 Å². The first kappa shape index (κ1) is 11.1. The molecule has 0 saturated carbocycles. The van der Waals surface area contributed by atoms with Crippen LogP contribution in [0.3, 0.4) is 0 Å². The third-order valence-electron chi connectivity index (χ3n) is 3.01. The van der Waals surface area contributed by atoms with Gasteiger partial charge in [-0.05, 0) is 25.3 Å². The minimum absolute atomic E-state index is 0.626. The van der Waals surface area contributed by atoms with Gasteiger partial charge in [-0.3, -0.25) is 0 Å². The molecule has 1 fully saturated rings. The summed E-state index contributed by atoms with van der Waals surface area (Å²) in [5, 5.41) is 4.78. The number of aromatic nitrogens is 1. The number of nitrogens with zero attached hydrogens (tertiary/aromatic N) is 1. The topological polar surface area (TPSA) is 24.9 Å². The van der Waals surface area contributed by atoms with Crippen molar-refractivity contribution < 1.29 is 0 Å². The van der Waals surface area contributed by atoms with E-state index in [0.717, 1.165) is 19.5 Å². The van der Waals surface area contributed by atoms with E-state index in [1.807, 2.05) is 11.3 Å². The highest BCUT2D eigenvalue weighted by molar-refractivity contribution is 7.12. The number of thiazole rings is 1. The molecule has 1 aliphatic rings. The van der Waals surface area contributed by atoms with Crippen molar-refractivity contribution in [1.82, 2.24) is 10.3 Å². The number of nitrogens with one attached hydrogen (secondary N) is 1. The van der Waals surface area contributed by atoms with Gasteiger partial charge in [0.15, 0.2) is 0 Å². The predicted molar refractivity (Wildman–Crippen MR) is 65.8 cm³/mol. The van der Waals surface area contributed by atoms with Crippen molar-refractivity contribution in [2.75, 3.05) is 13.1 Å². The van der Waals surface area contributed by atoms with E-state index in [9.17, 15) is 0 Å². The van der Waals surface area contributed by atoms with Crippen LogP contribution in [0.25, 0.3) is 0 Å². The van der Waals surface area contributed by atoms with Crippen molar-refractivity contribution in [3.05, 3.63) is 15.6 Å². The third kappa shape index (κ3) is 2.23. The van der Waals surface area contributed by atoms with E-state index >= 15 is 0 Å². The summed E-state index contributed by atoms with van der Waals surface area (Å²) >= 11 is 1.94. The maximum atomic E-state index is 4.81. The van der Waals surface area contributed by atoms with Gasteiger partial charge in [0.05, 0.1) is 10.7 Å². The lowest BCUT2D eigenvalue weighted by molar-refractivity contribution is 0.748. The Hall–Kier alpha value is -0.410. The molecule has 0 bridgehead atoms. The fourth-order valence-corrected chi connectivity index (χ4v) is 3.42. The van der Waals surface area contributed by atoms with Crippen molar-refractivity contribution in [3.8, 4) is 0 Å². The number of rotatable bonds is 3. The first-order valence-electron chi connectivity index (χ1n) is 5.92. The average molecular weight is 224 g/mol. The lowest BCUT2D eigenvalue weighted by atomic mass is 10.1. The normalized spacial score (nSPS) is 21.5. The van der Waals surface area contributed by atoms with Crippen molar-refractivity contribution in [3.63, 3.8) is 0 Å². The molecule has 1 saturated heterocycles. The Morgan fingerprint density at radius 3 is 2.80 bits per heavy atom. The molecule has 1 unspecified atom stereocenters. The minimum Gasteiger partial charge on any atom is -0.316 e. The Kier molecular flexibility index (Phi) is 3.42. The first-order valence-corrected chi connectivity index (χ1v) is 6.74. The van der Waals surface area contributed by atoms with Gasteiger partial charge in [-0.2, -0.15) is 0 Å². The second-order valence-electron chi connectivity index (χ2n) is 4.56. The van der Waals surface area contributed by atoms with Crippen molar-refractivity contribution >= 4 is 11.3 Å². The van der Waals surface area contributed by atoms with E-state index < -0.39 is 0 Å². The van der Waals surface area contributed by atoms with Gasteiger partial charge < -0.3 is 5.32 Å². The summed E-state index contributed by atoms with van der Waals surface area (Å²) in [6, 6.07) is 0. The smallest absolute Gasteiger partial charge is 0.0975 e. The molecule has 1 N–H and O–H groups in total. The summed E-state index contributed by atoms with van der Waals surface area (Å²) in [7, 11) is 0. The summed E-state index contributed by atoms with van der Waals surface area (Å²) in [4.78, 5) is 6.31. The predicted octanol–water partition coefficient (Wildman–Crippen LogP) is 2.91. The van der Waals surface area contributed by atoms with E-state index in [2.05, 4.69) is 26.1 Å². The number of aryl methyl sites for hydroxylation is 1. The second-order valence-corrected chi connectivity index (χ2v) is 5.62. The van der Waals surface area contributed by atoms with Crippen LogP contribution in [0.1, 0.15) is 54.6 Å². The largest absolute Gasteiger partial charge is 0.316 e. The molecule has 0 spiro atoms. The van der Waals surface area contributed by atoms with Crippen LogP contribution in [0.15, 0.2) is 0 Å². The van der Waals surface area contributed by atoms with Crippen molar-refractivity contribution in [2.45, 2.75) is 45.4 Å². The zero-order valence-corrected chi connectivity index (χ0v) is 10.7. The van der Waals surface area contributed by atoms with Gasteiger partial charge in [-0.25, -0.2) is 4.98 Å². The fourth-order valence-electron chi connectivity index (χ4n) is 2.13. The summed E-state index contributed by atoms with van der Waals surface area (Å²) < 4.78 is 0. The quantitative estimate of drug-likeness (QED) is 0.854. The molecule has 1 aromatic heterocycles. The van der Waals surface area contributed by atoms with Gasteiger partial charge in [0.25, 0.3) is 0 Å². The highest BCUT2D eigenvalue weighted by Crippen LogP contribution is 2.33. The fraction of sp³-hybridized carbons (Fsp3) is 0.750. The highest BCUT2D eigenvalue weighted by atomic mass is 32.1. The molecule has 0 amide bonds. The molecule has 3 heteroatoms. The number of hydrogen-bond donors (Lipinski definition) is 1. The minimum atomic E-state index is 0.626.